The van der Waals surface area contributed by atoms with Crippen molar-refractivity contribution in [3.63, 3.8) is 0 Å². The van der Waals surface area contributed by atoms with E-state index in [-0.39, 0.29) is 0 Å². The third-order valence-corrected chi connectivity index (χ3v) is 5.56. The van der Waals surface area contributed by atoms with Crippen LogP contribution in [-0.2, 0) is 0 Å². The number of phenols is 1. The van der Waals surface area contributed by atoms with E-state index < -0.39 is 0 Å². The maximum absolute atomic E-state index is 10.2. The highest BCUT2D eigenvalue weighted by Crippen LogP contribution is 2.41. The molecule has 0 aromatic heterocycles. The van der Waals surface area contributed by atoms with Crippen LogP contribution >= 0.6 is 0 Å². The molecule has 2 fully saturated rings. The third kappa shape index (κ3) is 2.87. The molecular formula is C19H28O. The average Bonchev–Trinajstić information content (AvgIpc) is 2.51. The first-order valence-corrected chi connectivity index (χ1v) is 8.59. The average molecular weight is 272 g/mol. The lowest BCUT2D eigenvalue weighted by Gasteiger charge is -2.28. The Kier molecular flexibility index (Phi) is 4.33. The Morgan fingerprint density at radius 3 is 1.55 bits per heavy atom. The molecule has 0 radical (unpaired) electrons. The molecular weight excluding hydrogens is 244 g/mol. The minimum atomic E-state index is 0.497. The van der Waals surface area contributed by atoms with E-state index in [0.29, 0.717) is 17.6 Å². The van der Waals surface area contributed by atoms with Gasteiger partial charge in [-0.15, -0.1) is 0 Å². The lowest BCUT2D eigenvalue weighted by molar-refractivity contribution is 0.425. The number of aromatic hydroxyl groups is 1. The topological polar surface area (TPSA) is 20.2 Å². The summed E-state index contributed by atoms with van der Waals surface area (Å²) in [4.78, 5) is 0. The highest BCUT2D eigenvalue weighted by molar-refractivity contribution is 5.44. The fourth-order valence-electron chi connectivity index (χ4n) is 4.42. The van der Waals surface area contributed by atoms with Crippen molar-refractivity contribution in [1.29, 1.82) is 0 Å². The number of hydrogen-bond donors (Lipinski definition) is 1. The number of phenolic OH excluding ortho intramolecular Hbond substituents is 1. The van der Waals surface area contributed by atoms with Gasteiger partial charge in [0.25, 0.3) is 0 Å². The van der Waals surface area contributed by atoms with Gasteiger partial charge in [0, 0.05) is 0 Å². The molecule has 3 rings (SSSR count). The summed E-state index contributed by atoms with van der Waals surface area (Å²) in [5.41, 5.74) is 4.39. The fraction of sp³-hybridized carbons (Fsp3) is 0.684. The first-order valence-electron chi connectivity index (χ1n) is 8.59. The number of benzene rings is 1. The van der Waals surface area contributed by atoms with E-state index in [2.05, 4.69) is 19.1 Å². The van der Waals surface area contributed by atoms with Crippen molar-refractivity contribution in [2.75, 3.05) is 0 Å². The SMILES string of the molecule is Cc1c(C2CCCCC2)cc(O)cc1C1CCCCC1. The Hall–Kier alpha value is -0.980. The molecule has 0 amide bonds. The van der Waals surface area contributed by atoms with Gasteiger partial charge in [-0.25, -0.2) is 0 Å². The standard InChI is InChI=1S/C19H28O/c1-14-18(15-8-4-2-5-9-15)12-17(20)13-19(14)16-10-6-3-7-11-16/h12-13,15-16,20H,2-11H2,1H3. The summed E-state index contributed by atoms with van der Waals surface area (Å²) in [5.74, 6) is 1.88. The minimum Gasteiger partial charge on any atom is -0.508 e. The van der Waals surface area contributed by atoms with Crippen LogP contribution in [0.4, 0.5) is 0 Å². The molecule has 1 nitrogen and oxygen atoms in total. The van der Waals surface area contributed by atoms with Crippen LogP contribution in [0, 0.1) is 6.92 Å². The van der Waals surface area contributed by atoms with Crippen molar-refractivity contribution in [3.05, 3.63) is 28.8 Å². The van der Waals surface area contributed by atoms with Crippen LogP contribution in [0.2, 0.25) is 0 Å². The second kappa shape index (κ2) is 6.20. The van der Waals surface area contributed by atoms with E-state index in [1.807, 2.05) is 0 Å². The monoisotopic (exact) mass is 272 g/mol. The van der Waals surface area contributed by atoms with Crippen LogP contribution in [0.5, 0.6) is 5.75 Å². The molecule has 0 atom stereocenters. The smallest absolute Gasteiger partial charge is 0.116 e. The van der Waals surface area contributed by atoms with Gasteiger partial charge in [0.1, 0.15) is 5.75 Å². The minimum absolute atomic E-state index is 0.497. The number of rotatable bonds is 2. The van der Waals surface area contributed by atoms with E-state index in [1.165, 1.54) is 80.9 Å². The third-order valence-electron chi connectivity index (χ3n) is 5.56. The van der Waals surface area contributed by atoms with Gasteiger partial charge in [-0.1, -0.05) is 38.5 Å². The Labute approximate surface area is 123 Å². The van der Waals surface area contributed by atoms with Crippen molar-refractivity contribution in [3.8, 4) is 5.75 Å². The van der Waals surface area contributed by atoms with Gasteiger partial charge in [-0.2, -0.15) is 0 Å². The lowest BCUT2D eigenvalue weighted by atomic mass is 9.77. The van der Waals surface area contributed by atoms with E-state index in [1.54, 1.807) is 0 Å². The molecule has 2 saturated carbocycles. The first-order chi connectivity index (χ1) is 9.75. The first kappa shape index (κ1) is 14.0. The highest BCUT2D eigenvalue weighted by atomic mass is 16.3. The summed E-state index contributed by atoms with van der Waals surface area (Å²) in [6.45, 7) is 2.30. The normalized spacial score (nSPS) is 22.1. The van der Waals surface area contributed by atoms with Crippen LogP contribution in [-0.4, -0.2) is 5.11 Å². The largest absolute Gasteiger partial charge is 0.508 e. The van der Waals surface area contributed by atoms with Crippen LogP contribution in [0.1, 0.15) is 92.7 Å². The zero-order valence-corrected chi connectivity index (χ0v) is 12.8. The summed E-state index contributed by atoms with van der Waals surface area (Å²) in [6.07, 6.45) is 13.5. The van der Waals surface area contributed by atoms with Crippen molar-refractivity contribution >= 4 is 0 Å². The van der Waals surface area contributed by atoms with Crippen LogP contribution < -0.4 is 0 Å². The Morgan fingerprint density at radius 1 is 0.750 bits per heavy atom. The molecule has 0 unspecified atom stereocenters. The molecule has 1 aromatic carbocycles. The molecule has 1 N–H and O–H groups in total. The summed E-state index contributed by atoms with van der Waals surface area (Å²) >= 11 is 0. The van der Waals surface area contributed by atoms with Crippen molar-refractivity contribution in [1.82, 2.24) is 0 Å². The van der Waals surface area contributed by atoms with Crippen LogP contribution in [0.25, 0.3) is 0 Å². The maximum Gasteiger partial charge on any atom is 0.116 e. The fourth-order valence-corrected chi connectivity index (χ4v) is 4.42. The molecule has 1 aromatic rings. The lowest BCUT2D eigenvalue weighted by Crippen LogP contribution is -2.11. The van der Waals surface area contributed by atoms with Crippen LogP contribution in [0.15, 0.2) is 12.1 Å². The molecule has 0 aliphatic heterocycles. The summed E-state index contributed by atoms with van der Waals surface area (Å²) in [7, 11) is 0. The highest BCUT2D eigenvalue weighted by Gasteiger charge is 2.23. The van der Waals surface area contributed by atoms with Gasteiger partial charge in [0.15, 0.2) is 0 Å². The molecule has 110 valence electrons. The molecule has 2 aliphatic rings. The summed E-state index contributed by atoms with van der Waals surface area (Å²) in [5, 5.41) is 10.2. The van der Waals surface area contributed by atoms with E-state index in [9.17, 15) is 5.11 Å². The zero-order chi connectivity index (χ0) is 13.9. The molecule has 0 heterocycles. The molecule has 0 spiro atoms. The molecule has 0 bridgehead atoms. The second-order valence-electron chi connectivity index (χ2n) is 6.92. The van der Waals surface area contributed by atoms with E-state index in [4.69, 9.17) is 0 Å². The molecule has 2 aliphatic carbocycles. The van der Waals surface area contributed by atoms with Crippen molar-refractivity contribution in [2.24, 2.45) is 0 Å². The quantitative estimate of drug-likeness (QED) is 0.721. The Bertz CT molecular complexity index is 412. The molecule has 1 heteroatoms. The van der Waals surface area contributed by atoms with Gasteiger partial charge in [-0.3, -0.25) is 0 Å². The second-order valence-corrected chi connectivity index (χ2v) is 6.92. The molecule has 0 saturated heterocycles. The van der Waals surface area contributed by atoms with Gasteiger partial charge in [0.05, 0.1) is 0 Å². The number of hydrogen-bond acceptors (Lipinski definition) is 1. The predicted octanol–water partition coefficient (Wildman–Crippen LogP) is 5.80. The Balaban J connectivity index is 1.91. The Morgan fingerprint density at radius 2 is 1.15 bits per heavy atom. The van der Waals surface area contributed by atoms with Gasteiger partial charge in [-0.05, 0) is 73.3 Å². The van der Waals surface area contributed by atoms with Crippen LogP contribution in [0.3, 0.4) is 0 Å². The molecule has 20 heavy (non-hydrogen) atoms. The maximum atomic E-state index is 10.2. The predicted molar refractivity (Wildman–Crippen MR) is 84.5 cm³/mol. The van der Waals surface area contributed by atoms with Crippen molar-refractivity contribution < 1.29 is 5.11 Å². The van der Waals surface area contributed by atoms with E-state index >= 15 is 0 Å². The zero-order valence-electron chi connectivity index (χ0n) is 12.8. The van der Waals surface area contributed by atoms with Gasteiger partial charge in [0.2, 0.25) is 0 Å². The van der Waals surface area contributed by atoms with Gasteiger partial charge < -0.3 is 5.11 Å². The summed E-state index contributed by atoms with van der Waals surface area (Å²) < 4.78 is 0. The van der Waals surface area contributed by atoms with Crippen molar-refractivity contribution in [2.45, 2.75) is 83.0 Å². The van der Waals surface area contributed by atoms with E-state index in [0.717, 1.165) is 0 Å². The summed E-state index contributed by atoms with van der Waals surface area (Å²) in [6, 6.07) is 4.11. The van der Waals surface area contributed by atoms with Gasteiger partial charge >= 0.3 is 0 Å².